The number of rotatable bonds is 5. The molecule has 3 aromatic rings. The van der Waals surface area contributed by atoms with Gasteiger partial charge in [-0.15, -0.1) is 5.10 Å². The number of nitrogens with zero attached hydrogens (tertiary/aromatic N) is 4. The van der Waals surface area contributed by atoms with E-state index in [2.05, 4.69) is 10.3 Å². The van der Waals surface area contributed by atoms with Crippen LogP contribution in [-0.2, 0) is 11.2 Å². The van der Waals surface area contributed by atoms with Crippen molar-refractivity contribution in [1.29, 1.82) is 0 Å². The Morgan fingerprint density at radius 3 is 2.79 bits per heavy atom. The van der Waals surface area contributed by atoms with Gasteiger partial charge in [-0.25, -0.2) is 9.07 Å². The molecule has 1 aliphatic rings. The van der Waals surface area contributed by atoms with Gasteiger partial charge in [0.25, 0.3) is 0 Å². The van der Waals surface area contributed by atoms with E-state index in [0.29, 0.717) is 30.1 Å². The van der Waals surface area contributed by atoms with Gasteiger partial charge in [-0.05, 0) is 25.0 Å². The van der Waals surface area contributed by atoms with E-state index in [9.17, 15) is 9.18 Å². The van der Waals surface area contributed by atoms with Crippen LogP contribution in [-0.4, -0.2) is 38.9 Å². The Bertz CT molecular complexity index is 955. The molecule has 0 radical (unpaired) electrons. The second kappa shape index (κ2) is 8.10. The Kier molecular flexibility index (Phi) is 5.39. The van der Waals surface area contributed by atoms with Crippen LogP contribution in [0.5, 0.6) is 0 Å². The standard InChI is InChI=1S/C21H20ClFN4O/c22-18-7-4-8-19(23)17(18)9-10-21(28)26-12-11-16(13-26)27-14-20(24-25-27)15-5-2-1-3-6-15/h1-8,14,16H,9-13H2/t16-/m0/s1. The Labute approximate surface area is 167 Å². The molecular weight excluding hydrogens is 379 g/mol. The highest BCUT2D eigenvalue weighted by molar-refractivity contribution is 6.31. The van der Waals surface area contributed by atoms with Crippen molar-refractivity contribution in [3.05, 3.63) is 71.1 Å². The molecule has 1 aromatic heterocycles. The van der Waals surface area contributed by atoms with Crippen molar-refractivity contribution in [3.63, 3.8) is 0 Å². The summed E-state index contributed by atoms with van der Waals surface area (Å²) >= 11 is 6.05. The van der Waals surface area contributed by atoms with Crippen molar-refractivity contribution in [2.24, 2.45) is 0 Å². The number of halogens is 2. The molecule has 4 rings (SSSR count). The highest BCUT2D eigenvalue weighted by atomic mass is 35.5. The Morgan fingerprint density at radius 1 is 1.18 bits per heavy atom. The number of amides is 1. The van der Waals surface area contributed by atoms with Gasteiger partial charge in [-0.2, -0.15) is 0 Å². The van der Waals surface area contributed by atoms with Crippen LogP contribution in [0.15, 0.2) is 54.7 Å². The summed E-state index contributed by atoms with van der Waals surface area (Å²) in [5.74, 6) is -0.360. The van der Waals surface area contributed by atoms with Crippen LogP contribution in [0.2, 0.25) is 5.02 Å². The van der Waals surface area contributed by atoms with Gasteiger partial charge >= 0.3 is 0 Å². The topological polar surface area (TPSA) is 51.0 Å². The van der Waals surface area contributed by atoms with Gasteiger partial charge in [0.15, 0.2) is 0 Å². The fraction of sp³-hybridized carbons (Fsp3) is 0.286. The number of hydrogen-bond donors (Lipinski definition) is 0. The molecule has 1 fully saturated rings. The van der Waals surface area contributed by atoms with Gasteiger partial charge in [0, 0.05) is 35.7 Å². The molecule has 0 saturated carbocycles. The van der Waals surface area contributed by atoms with Crippen molar-refractivity contribution in [2.75, 3.05) is 13.1 Å². The lowest BCUT2D eigenvalue weighted by atomic mass is 10.1. The summed E-state index contributed by atoms with van der Waals surface area (Å²) in [5.41, 5.74) is 2.23. The van der Waals surface area contributed by atoms with Gasteiger partial charge in [-0.3, -0.25) is 4.79 Å². The predicted octanol–water partition coefficient (Wildman–Crippen LogP) is 4.14. The largest absolute Gasteiger partial charge is 0.340 e. The van der Waals surface area contributed by atoms with Gasteiger partial charge < -0.3 is 4.90 Å². The van der Waals surface area contributed by atoms with Crippen molar-refractivity contribution in [2.45, 2.75) is 25.3 Å². The summed E-state index contributed by atoms with van der Waals surface area (Å²) in [5, 5.41) is 8.86. The summed E-state index contributed by atoms with van der Waals surface area (Å²) in [6, 6.07) is 14.6. The quantitative estimate of drug-likeness (QED) is 0.649. The lowest BCUT2D eigenvalue weighted by Gasteiger charge is -2.17. The van der Waals surface area contributed by atoms with E-state index in [1.807, 2.05) is 46.1 Å². The van der Waals surface area contributed by atoms with E-state index in [-0.39, 0.29) is 24.2 Å². The summed E-state index contributed by atoms with van der Waals surface area (Å²) in [6.07, 6.45) is 3.28. The van der Waals surface area contributed by atoms with Crippen LogP contribution in [0.25, 0.3) is 11.3 Å². The first-order valence-electron chi connectivity index (χ1n) is 9.30. The fourth-order valence-electron chi connectivity index (χ4n) is 3.54. The summed E-state index contributed by atoms with van der Waals surface area (Å²) < 4.78 is 15.7. The van der Waals surface area contributed by atoms with Crippen LogP contribution < -0.4 is 0 Å². The molecule has 7 heteroatoms. The van der Waals surface area contributed by atoms with Crippen LogP contribution in [0.1, 0.15) is 24.4 Å². The van der Waals surface area contributed by atoms with Crippen LogP contribution in [0.4, 0.5) is 4.39 Å². The lowest BCUT2D eigenvalue weighted by Crippen LogP contribution is -2.29. The molecule has 0 spiro atoms. The first-order chi connectivity index (χ1) is 13.6. The maximum Gasteiger partial charge on any atom is 0.222 e. The van der Waals surface area contributed by atoms with Gasteiger partial charge in [0.05, 0.1) is 12.2 Å². The summed E-state index contributed by atoms with van der Waals surface area (Å²) in [7, 11) is 0. The highest BCUT2D eigenvalue weighted by Gasteiger charge is 2.28. The molecule has 1 saturated heterocycles. The first-order valence-corrected chi connectivity index (χ1v) is 9.67. The van der Waals surface area contributed by atoms with E-state index in [0.717, 1.165) is 17.7 Å². The molecule has 28 heavy (non-hydrogen) atoms. The maximum atomic E-state index is 13.9. The average Bonchev–Trinajstić information content (AvgIpc) is 3.38. The van der Waals surface area contributed by atoms with E-state index in [1.165, 1.54) is 6.07 Å². The lowest BCUT2D eigenvalue weighted by molar-refractivity contribution is -0.130. The second-order valence-corrected chi connectivity index (χ2v) is 7.34. The average molecular weight is 399 g/mol. The number of benzene rings is 2. The Balaban J connectivity index is 1.36. The minimum Gasteiger partial charge on any atom is -0.340 e. The first kappa shape index (κ1) is 18.6. The Morgan fingerprint density at radius 2 is 2.00 bits per heavy atom. The van der Waals surface area contributed by atoms with Crippen molar-refractivity contribution < 1.29 is 9.18 Å². The monoisotopic (exact) mass is 398 g/mol. The Hall–Kier alpha value is -2.73. The highest BCUT2D eigenvalue weighted by Crippen LogP contribution is 2.25. The third-order valence-electron chi connectivity index (χ3n) is 5.12. The summed E-state index contributed by atoms with van der Waals surface area (Å²) in [4.78, 5) is 14.4. The van der Waals surface area contributed by atoms with E-state index >= 15 is 0 Å². The number of hydrogen-bond acceptors (Lipinski definition) is 3. The van der Waals surface area contributed by atoms with E-state index in [4.69, 9.17) is 11.6 Å². The molecule has 2 heterocycles. The van der Waals surface area contributed by atoms with Crippen molar-refractivity contribution in [3.8, 4) is 11.3 Å². The number of aromatic nitrogens is 3. The minimum atomic E-state index is -0.365. The van der Waals surface area contributed by atoms with Gasteiger partial charge in [0.1, 0.15) is 11.5 Å². The molecule has 0 bridgehead atoms. The molecule has 144 valence electrons. The van der Waals surface area contributed by atoms with Crippen LogP contribution in [0, 0.1) is 5.82 Å². The number of carbonyl (C=O) groups is 1. The zero-order valence-corrected chi connectivity index (χ0v) is 16.0. The van der Waals surface area contributed by atoms with Crippen LogP contribution in [0.3, 0.4) is 0 Å². The smallest absolute Gasteiger partial charge is 0.222 e. The summed E-state index contributed by atoms with van der Waals surface area (Å²) in [6.45, 7) is 1.25. The zero-order valence-electron chi connectivity index (χ0n) is 15.3. The second-order valence-electron chi connectivity index (χ2n) is 6.93. The molecular formula is C21H20ClFN4O. The third kappa shape index (κ3) is 3.92. The van der Waals surface area contributed by atoms with E-state index in [1.54, 1.807) is 12.1 Å². The predicted molar refractivity (Wildman–Crippen MR) is 105 cm³/mol. The normalized spacial score (nSPS) is 16.5. The SMILES string of the molecule is O=C(CCc1c(F)cccc1Cl)N1CC[C@H](n2cc(-c3ccccc3)nn2)C1. The molecule has 2 aromatic carbocycles. The molecule has 1 atom stereocenters. The number of likely N-dealkylation sites (tertiary alicyclic amines) is 1. The number of carbonyl (C=O) groups excluding carboxylic acids is 1. The maximum absolute atomic E-state index is 13.9. The fourth-order valence-corrected chi connectivity index (χ4v) is 3.80. The molecule has 5 nitrogen and oxygen atoms in total. The van der Waals surface area contributed by atoms with Gasteiger partial charge in [-0.1, -0.05) is 53.2 Å². The zero-order chi connectivity index (χ0) is 19.5. The van der Waals surface area contributed by atoms with Gasteiger partial charge in [0.2, 0.25) is 5.91 Å². The molecule has 1 amide bonds. The molecule has 1 aliphatic heterocycles. The molecule has 0 N–H and O–H groups in total. The van der Waals surface area contributed by atoms with Crippen molar-refractivity contribution in [1.82, 2.24) is 19.9 Å². The molecule has 0 unspecified atom stereocenters. The van der Waals surface area contributed by atoms with Crippen LogP contribution >= 0.6 is 11.6 Å². The third-order valence-corrected chi connectivity index (χ3v) is 5.47. The van der Waals surface area contributed by atoms with E-state index < -0.39 is 0 Å². The molecule has 0 aliphatic carbocycles. The van der Waals surface area contributed by atoms with Crippen molar-refractivity contribution >= 4 is 17.5 Å². The minimum absolute atomic E-state index is 0.00483.